The van der Waals surface area contributed by atoms with Crippen LogP contribution in [-0.2, 0) is 4.79 Å². The number of hydrogen-bond donors (Lipinski definition) is 2. The number of thiol groups is 1. The Kier molecular flexibility index (Phi) is 6.00. The number of hydrogen-bond acceptors (Lipinski definition) is 3. The van der Waals surface area contributed by atoms with Crippen LogP contribution in [0.5, 0.6) is 0 Å². The van der Waals surface area contributed by atoms with Crippen molar-refractivity contribution >= 4 is 18.4 Å². The van der Waals surface area contributed by atoms with Gasteiger partial charge in [-0.05, 0) is 111 Å². The number of fused-ring (bicyclic) bond motifs is 5. The van der Waals surface area contributed by atoms with Gasteiger partial charge in [0, 0.05) is 12.2 Å². The van der Waals surface area contributed by atoms with Crippen molar-refractivity contribution in [1.29, 1.82) is 0 Å². The molecule has 0 aliphatic heterocycles. The highest BCUT2D eigenvalue weighted by Crippen LogP contribution is 2.68. The fraction of sp³-hybridized carbons (Fsp3) is 0.960. The molecule has 9 atom stereocenters. The Balaban J connectivity index is 1.48. The largest absolute Gasteiger partial charge is 0.393 e. The van der Waals surface area contributed by atoms with Crippen molar-refractivity contribution < 1.29 is 9.90 Å². The van der Waals surface area contributed by atoms with Gasteiger partial charge < -0.3 is 5.11 Å². The van der Waals surface area contributed by atoms with Crippen LogP contribution >= 0.6 is 12.6 Å². The van der Waals surface area contributed by atoms with Crippen molar-refractivity contribution in [3.63, 3.8) is 0 Å². The molecular formula is C25H42O2S. The second-order valence-corrected chi connectivity index (χ2v) is 11.8. The van der Waals surface area contributed by atoms with E-state index in [1.807, 2.05) is 0 Å². The first-order valence-electron chi connectivity index (χ1n) is 12.1. The maximum Gasteiger partial charge on any atom is 0.142 e. The summed E-state index contributed by atoms with van der Waals surface area (Å²) in [6, 6.07) is 0. The van der Waals surface area contributed by atoms with Gasteiger partial charge >= 0.3 is 0 Å². The molecule has 0 unspecified atom stereocenters. The van der Waals surface area contributed by atoms with E-state index in [2.05, 4.69) is 33.4 Å². The van der Waals surface area contributed by atoms with E-state index in [0.717, 1.165) is 55.3 Å². The zero-order valence-electron chi connectivity index (χ0n) is 18.3. The van der Waals surface area contributed by atoms with Crippen LogP contribution < -0.4 is 0 Å². The number of aliphatic hydroxyl groups excluding tert-OH is 1. The number of rotatable bonds is 5. The van der Waals surface area contributed by atoms with Crippen molar-refractivity contribution in [1.82, 2.24) is 0 Å². The van der Waals surface area contributed by atoms with Gasteiger partial charge in [0.1, 0.15) is 5.78 Å². The lowest BCUT2D eigenvalue weighted by atomic mass is 9.44. The summed E-state index contributed by atoms with van der Waals surface area (Å²) < 4.78 is 0. The standard InChI is InChI=1S/C25H42O2S/c1-16(4-6-19(27)15-28)21-8-9-22-20-7-5-17-14-18(26)10-12-24(17,2)23(20)11-13-25(21,22)3/h16-18,20-23,26,28H,4-15H2,1-3H3/t16-,17-,18-,20+,21-,22+,23+,24+,25-/m1/s1. The summed E-state index contributed by atoms with van der Waals surface area (Å²) in [5.41, 5.74) is 0.966. The van der Waals surface area contributed by atoms with Gasteiger partial charge in [0.25, 0.3) is 0 Å². The molecule has 160 valence electrons. The molecule has 28 heavy (non-hydrogen) atoms. The van der Waals surface area contributed by atoms with Gasteiger partial charge in [-0.2, -0.15) is 12.6 Å². The molecule has 4 fully saturated rings. The Morgan fingerprint density at radius 1 is 1.04 bits per heavy atom. The van der Waals surface area contributed by atoms with E-state index in [-0.39, 0.29) is 6.10 Å². The molecule has 3 heteroatoms. The minimum atomic E-state index is -0.0415. The molecule has 0 spiro atoms. The van der Waals surface area contributed by atoms with Gasteiger partial charge in [0.2, 0.25) is 0 Å². The molecule has 4 rings (SSSR count). The third-order valence-corrected chi connectivity index (χ3v) is 10.8. The maximum atomic E-state index is 11.8. The van der Waals surface area contributed by atoms with E-state index in [0.29, 0.717) is 28.3 Å². The monoisotopic (exact) mass is 406 g/mol. The van der Waals surface area contributed by atoms with E-state index in [9.17, 15) is 9.90 Å². The van der Waals surface area contributed by atoms with Crippen molar-refractivity contribution in [2.24, 2.45) is 46.3 Å². The molecule has 4 aliphatic carbocycles. The highest BCUT2D eigenvalue weighted by molar-refractivity contribution is 7.81. The van der Waals surface area contributed by atoms with Gasteiger partial charge in [-0.1, -0.05) is 20.8 Å². The van der Waals surface area contributed by atoms with Crippen LogP contribution in [0, 0.1) is 46.3 Å². The second-order valence-electron chi connectivity index (χ2n) is 11.5. The van der Waals surface area contributed by atoms with E-state index in [1.165, 1.54) is 44.9 Å². The van der Waals surface area contributed by atoms with Gasteiger partial charge in [0.05, 0.1) is 6.10 Å². The predicted molar refractivity (Wildman–Crippen MR) is 118 cm³/mol. The smallest absolute Gasteiger partial charge is 0.142 e. The summed E-state index contributed by atoms with van der Waals surface area (Å²) in [4.78, 5) is 11.8. The average Bonchev–Trinajstić information content (AvgIpc) is 3.03. The van der Waals surface area contributed by atoms with Gasteiger partial charge in [0.15, 0.2) is 0 Å². The molecule has 2 nitrogen and oxygen atoms in total. The maximum absolute atomic E-state index is 11.8. The summed E-state index contributed by atoms with van der Waals surface area (Å²) in [6.07, 6.45) is 13.4. The third-order valence-electron chi connectivity index (χ3n) is 10.5. The Hall–Kier alpha value is -0.0200. The van der Waals surface area contributed by atoms with Crippen LogP contribution in [0.3, 0.4) is 0 Å². The van der Waals surface area contributed by atoms with Crippen LogP contribution in [0.4, 0.5) is 0 Å². The minimum absolute atomic E-state index is 0.0415. The molecule has 0 amide bonds. The summed E-state index contributed by atoms with van der Waals surface area (Å²) in [5.74, 6) is 5.61. The van der Waals surface area contributed by atoms with Crippen LogP contribution in [0.25, 0.3) is 0 Å². The summed E-state index contributed by atoms with van der Waals surface area (Å²) in [6.45, 7) is 7.61. The molecule has 0 radical (unpaired) electrons. The van der Waals surface area contributed by atoms with Crippen LogP contribution in [0.2, 0.25) is 0 Å². The van der Waals surface area contributed by atoms with Crippen LogP contribution in [-0.4, -0.2) is 22.7 Å². The Morgan fingerprint density at radius 3 is 2.50 bits per heavy atom. The van der Waals surface area contributed by atoms with Crippen LogP contribution in [0.1, 0.15) is 91.4 Å². The second kappa shape index (κ2) is 7.91. The molecule has 0 heterocycles. The fourth-order valence-electron chi connectivity index (χ4n) is 8.88. The predicted octanol–water partition coefficient (Wildman–Crippen LogP) is 5.92. The quantitative estimate of drug-likeness (QED) is 0.556. The van der Waals surface area contributed by atoms with Crippen molar-refractivity contribution in [2.45, 2.75) is 97.5 Å². The number of carbonyl (C=O) groups excluding carboxylic acids is 1. The number of aliphatic hydroxyl groups is 1. The normalized spacial score (nSPS) is 49.0. The molecule has 4 saturated carbocycles. The lowest BCUT2D eigenvalue weighted by Crippen LogP contribution is -2.54. The van der Waals surface area contributed by atoms with Crippen molar-refractivity contribution in [2.75, 3.05) is 5.75 Å². The van der Waals surface area contributed by atoms with E-state index >= 15 is 0 Å². The minimum Gasteiger partial charge on any atom is -0.393 e. The summed E-state index contributed by atoms with van der Waals surface area (Å²) >= 11 is 4.16. The molecular weight excluding hydrogens is 364 g/mol. The van der Waals surface area contributed by atoms with E-state index < -0.39 is 0 Å². The molecule has 0 aromatic carbocycles. The molecule has 1 N–H and O–H groups in total. The average molecular weight is 407 g/mol. The lowest BCUT2D eigenvalue weighted by molar-refractivity contribution is -0.129. The summed E-state index contributed by atoms with van der Waals surface area (Å²) in [7, 11) is 0. The third kappa shape index (κ3) is 3.41. The molecule has 4 aliphatic rings. The zero-order valence-corrected chi connectivity index (χ0v) is 19.2. The fourth-order valence-corrected chi connectivity index (χ4v) is 9.04. The topological polar surface area (TPSA) is 37.3 Å². The first-order chi connectivity index (χ1) is 13.3. The highest BCUT2D eigenvalue weighted by Gasteiger charge is 2.60. The first-order valence-corrected chi connectivity index (χ1v) is 12.7. The number of ketones is 1. The number of Topliss-reactive ketones (excluding diaryl/α,β-unsaturated/α-hetero) is 1. The summed E-state index contributed by atoms with van der Waals surface area (Å²) in [5, 5.41) is 10.2. The first kappa shape index (κ1) is 21.2. The Morgan fingerprint density at radius 2 is 1.75 bits per heavy atom. The molecule has 0 bridgehead atoms. The van der Waals surface area contributed by atoms with E-state index in [1.54, 1.807) is 0 Å². The van der Waals surface area contributed by atoms with Gasteiger partial charge in [-0.25, -0.2) is 0 Å². The van der Waals surface area contributed by atoms with Crippen molar-refractivity contribution in [3.05, 3.63) is 0 Å². The van der Waals surface area contributed by atoms with Gasteiger partial charge in [-0.15, -0.1) is 0 Å². The van der Waals surface area contributed by atoms with Crippen molar-refractivity contribution in [3.8, 4) is 0 Å². The Bertz CT molecular complexity index is 591. The molecule has 0 aromatic heterocycles. The molecule has 0 aromatic rings. The Labute approximate surface area is 178 Å². The zero-order chi connectivity index (χ0) is 20.1. The SMILES string of the molecule is C[C@H](CCC(=O)CS)[C@H]1CC[C@H]2[C@@H]3CC[C@@H]4C[C@H](O)CC[C@]4(C)[C@H]3CC[C@]12C. The van der Waals surface area contributed by atoms with Gasteiger partial charge in [-0.3, -0.25) is 4.79 Å². The number of carbonyl (C=O) groups is 1. The van der Waals surface area contributed by atoms with E-state index in [4.69, 9.17) is 0 Å². The van der Waals surface area contributed by atoms with Crippen LogP contribution in [0.15, 0.2) is 0 Å². The molecule has 0 saturated heterocycles. The highest BCUT2D eigenvalue weighted by atomic mass is 32.1. The lowest BCUT2D eigenvalue weighted by Gasteiger charge is -2.61.